The van der Waals surface area contributed by atoms with E-state index < -0.39 is 0 Å². The highest BCUT2D eigenvalue weighted by Crippen LogP contribution is 2.33. The maximum Gasteiger partial charge on any atom is 0.245 e. The van der Waals surface area contributed by atoms with E-state index in [1.54, 1.807) is 7.11 Å². The van der Waals surface area contributed by atoms with Crippen LogP contribution in [-0.4, -0.2) is 77.0 Å². The Balaban J connectivity index is 1.10. The molecule has 0 radical (unpaired) electrons. The fourth-order valence-corrected chi connectivity index (χ4v) is 5.94. The Kier molecular flexibility index (Phi) is 6.67. The quantitative estimate of drug-likeness (QED) is 0.326. The molecule has 0 aliphatic carbocycles. The summed E-state index contributed by atoms with van der Waals surface area (Å²) in [5.74, 6) is 1.27. The van der Waals surface area contributed by atoms with Gasteiger partial charge in [-0.25, -0.2) is 9.50 Å². The second kappa shape index (κ2) is 10.7. The maximum absolute atomic E-state index is 5.79. The molecular formula is C31H33N7O2. The molecule has 0 spiro atoms. The Morgan fingerprint density at radius 1 is 0.925 bits per heavy atom. The van der Waals surface area contributed by atoms with Gasteiger partial charge in [0.05, 0.1) is 48.9 Å². The molecule has 7 rings (SSSR count). The van der Waals surface area contributed by atoms with Crippen molar-refractivity contribution in [3.63, 3.8) is 0 Å². The van der Waals surface area contributed by atoms with Crippen LogP contribution in [0.2, 0.25) is 0 Å². The molecular weight excluding hydrogens is 502 g/mol. The second-order valence-corrected chi connectivity index (χ2v) is 10.4. The molecule has 0 bridgehead atoms. The van der Waals surface area contributed by atoms with Crippen molar-refractivity contribution in [3.8, 4) is 17.0 Å². The van der Waals surface area contributed by atoms with Crippen molar-refractivity contribution in [2.45, 2.75) is 18.9 Å². The zero-order valence-electron chi connectivity index (χ0n) is 22.7. The van der Waals surface area contributed by atoms with Crippen LogP contribution in [-0.2, 0) is 4.74 Å². The van der Waals surface area contributed by atoms with Gasteiger partial charge in [-0.15, -0.1) is 5.10 Å². The Morgan fingerprint density at radius 2 is 1.80 bits per heavy atom. The van der Waals surface area contributed by atoms with Gasteiger partial charge in [-0.1, -0.05) is 12.1 Å². The van der Waals surface area contributed by atoms with Gasteiger partial charge in [0.2, 0.25) is 5.95 Å². The molecule has 2 aliphatic heterocycles. The fourth-order valence-electron chi connectivity index (χ4n) is 5.94. The largest absolute Gasteiger partial charge is 0.494 e. The van der Waals surface area contributed by atoms with Gasteiger partial charge in [0, 0.05) is 61.1 Å². The van der Waals surface area contributed by atoms with Gasteiger partial charge >= 0.3 is 0 Å². The number of piperidine rings is 1. The number of pyridine rings is 1. The monoisotopic (exact) mass is 535 g/mol. The smallest absolute Gasteiger partial charge is 0.245 e. The summed E-state index contributed by atoms with van der Waals surface area (Å²) in [6.45, 7) is 5.90. The number of ether oxygens (including phenoxy) is 2. The molecule has 2 fully saturated rings. The van der Waals surface area contributed by atoms with Crippen LogP contribution in [0.5, 0.6) is 5.75 Å². The molecule has 0 saturated carbocycles. The van der Waals surface area contributed by atoms with Crippen LogP contribution in [0.3, 0.4) is 0 Å². The van der Waals surface area contributed by atoms with Crippen LogP contribution in [0, 0.1) is 0 Å². The summed E-state index contributed by atoms with van der Waals surface area (Å²) in [5.41, 5.74) is 5.98. The lowest BCUT2D eigenvalue weighted by Crippen LogP contribution is -2.49. The molecule has 1 N–H and O–H groups in total. The van der Waals surface area contributed by atoms with Crippen LogP contribution in [0.4, 0.5) is 17.3 Å². The Hall–Kier alpha value is -4.21. The summed E-state index contributed by atoms with van der Waals surface area (Å²) in [7, 11) is 1.71. The summed E-state index contributed by atoms with van der Waals surface area (Å²) in [5, 5.41) is 9.30. The Morgan fingerprint density at radius 3 is 2.65 bits per heavy atom. The third-order valence-electron chi connectivity index (χ3n) is 8.12. The van der Waals surface area contributed by atoms with Crippen molar-refractivity contribution in [2.24, 2.45) is 0 Å². The SMILES string of the molecule is COc1cc(N2CCC(N3CCOCC3)CC2)ccc1Nc1ncc2ccc(-c3ccc4ncccc4c3)n2n1. The van der Waals surface area contributed by atoms with Crippen LogP contribution in [0.1, 0.15) is 12.8 Å². The molecule has 2 saturated heterocycles. The number of aromatic nitrogens is 4. The predicted molar refractivity (Wildman–Crippen MR) is 158 cm³/mol. The van der Waals surface area contributed by atoms with E-state index in [9.17, 15) is 0 Å². The van der Waals surface area contributed by atoms with Crippen LogP contribution < -0.4 is 15.0 Å². The highest BCUT2D eigenvalue weighted by atomic mass is 16.5. The summed E-state index contributed by atoms with van der Waals surface area (Å²) in [6.07, 6.45) is 5.99. The van der Waals surface area contributed by atoms with Crippen molar-refractivity contribution < 1.29 is 9.47 Å². The summed E-state index contributed by atoms with van der Waals surface area (Å²) in [4.78, 5) is 14.1. The molecule has 0 unspecified atom stereocenters. The molecule has 40 heavy (non-hydrogen) atoms. The molecule has 9 heteroatoms. The standard InChI is InChI=1S/C31H33N7O2/c1-39-30-20-25(36-13-10-24(11-14-36)37-15-17-40-18-16-37)5-8-28(30)34-31-33-21-26-6-9-29(38(26)35-31)23-4-7-27-22(19-23)3-2-12-32-27/h2-9,12,19-21,24H,10-11,13-18H2,1H3,(H,34,35). The number of rotatable bonds is 6. The van der Waals surface area contributed by atoms with E-state index in [1.807, 2.05) is 35.1 Å². The van der Waals surface area contributed by atoms with Crippen molar-refractivity contribution in [1.82, 2.24) is 24.5 Å². The van der Waals surface area contributed by atoms with Crippen molar-refractivity contribution in [1.29, 1.82) is 0 Å². The zero-order chi connectivity index (χ0) is 26.9. The van der Waals surface area contributed by atoms with E-state index in [0.29, 0.717) is 12.0 Å². The highest BCUT2D eigenvalue weighted by Gasteiger charge is 2.26. The van der Waals surface area contributed by atoms with Crippen molar-refractivity contribution >= 4 is 33.7 Å². The second-order valence-electron chi connectivity index (χ2n) is 10.4. The van der Waals surface area contributed by atoms with Crippen LogP contribution in [0.25, 0.3) is 27.7 Å². The summed E-state index contributed by atoms with van der Waals surface area (Å²) in [6, 6.07) is 21.4. The van der Waals surface area contributed by atoms with E-state index in [4.69, 9.17) is 14.6 Å². The van der Waals surface area contributed by atoms with Crippen LogP contribution in [0.15, 0.2) is 73.1 Å². The van der Waals surface area contributed by atoms with Gasteiger partial charge < -0.3 is 19.7 Å². The molecule has 5 heterocycles. The minimum atomic E-state index is 0.504. The number of anilines is 3. The third kappa shape index (κ3) is 4.82. The number of nitrogens with zero attached hydrogens (tertiary/aromatic N) is 6. The average molecular weight is 536 g/mol. The average Bonchev–Trinajstić information content (AvgIpc) is 3.45. The number of methoxy groups -OCH3 is 1. The van der Waals surface area contributed by atoms with Gasteiger partial charge in [0.1, 0.15) is 5.75 Å². The summed E-state index contributed by atoms with van der Waals surface area (Å²) >= 11 is 0. The first kappa shape index (κ1) is 24.8. The number of fused-ring (bicyclic) bond motifs is 2. The van der Waals surface area contributed by atoms with Gasteiger partial charge in [0.25, 0.3) is 0 Å². The molecule has 204 valence electrons. The molecule has 9 nitrogen and oxygen atoms in total. The van der Waals surface area contributed by atoms with Crippen molar-refractivity contribution in [3.05, 3.63) is 73.1 Å². The number of morpholine rings is 1. The number of hydrogen-bond donors (Lipinski definition) is 1. The molecule has 2 aromatic carbocycles. The Bertz CT molecular complexity index is 1640. The van der Waals surface area contributed by atoms with Gasteiger partial charge in [0.15, 0.2) is 0 Å². The first-order valence-electron chi connectivity index (χ1n) is 14.0. The van der Waals surface area contributed by atoms with Crippen molar-refractivity contribution in [2.75, 3.05) is 56.7 Å². The molecule has 0 amide bonds. The number of nitrogens with one attached hydrogen (secondary N) is 1. The number of benzene rings is 2. The highest BCUT2D eigenvalue weighted by molar-refractivity contribution is 5.84. The van der Waals surface area contributed by atoms with Gasteiger partial charge in [-0.3, -0.25) is 9.88 Å². The summed E-state index contributed by atoms with van der Waals surface area (Å²) < 4.78 is 13.2. The minimum Gasteiger partial charge on any atom is -0.494 e. The van der Waals surface area contributed by atoms with E-state index in [-0.39, 0.29) is 0 Å². The molecule has 0 atom stereocenters. The predicted octanol–water partition coefficient (Wildman–Crippen LogP) is 5.00. The van der Waals surface area contributed by atoms with Gasteiger partial charge in [-0.05, 0) is 55.3 Å². The lowest BCUT2D eigenvalue weighted by molar-refractivity contribution is 0.0115. The Labute approximate surface area is 233 Å². The van der Waals surface area contributed by atoms with Gasteiger partial charge in [-0.2, -0.15) is 0 Å². The molecule has 5 aromatic rings. The zero-order valence-corrected chi connectivity index (χ0v) is 22.7. The molecule has 2 aliphatic rings. The normalized spacial score (nSPS) is 17.0. The number of hydrogen-bond acceptors (Lipinski definition) is 8. The first-order chi connectivity index (χ1) is 19.7. The third-order valence-corrected chi connectivity index (χ3v) is 8.12. The van der Waals surface area contributed by atoms with E-state index in [1.165, 1.54) is 18.5 Å². The first-order valence-corrected chi connectivity index (χ1v) is 14.0. The fraction of sp³-hybridized carbons (Fsp3) is 0.323. The van der Waals surface area contributed by atoms with Crippen LogP contribution >= 0.6 is 0 Å². The van der Waals surface area contributed by atoms with E-state index in [0.717, 1.165) is 78.5 Å². The molecule has 3 aromatic heterocycles. The lowest BCUT2D eigenvalue weighted by atomic mass is 10.0. The van der Waals surface area contributed by atoms with E-state index >= 15 is 0 Å². The van der Waals surface area contributed by atoms with E-state index in [2.05, 4.69) is 67.5 Å². The minimum absolute atomic E-state index is 0.504. The maximum atomic E-state index is 5.79. The topological polar surface area (TPSA) is 80.0 Å². The lowest BCUT2D eigenvalue weighted by Gasteiger charge is -2.40.